The first-order valence-electron chi connectivity index (χ1n) is 4.03. The third-order valence-corrected chi connectivity index (χ3v) is 3.86. The molecule has 1 aromatic heterocycles. The van der Waals surface area contributed by atoms with Crippen LogP contribution < -0.4 is 0 Å². The van der Waals surface area contributed by atoms with Gasteiger partial charge in [0, 0.05) is 5.56 Å². The van der Waals surface area contributed by atoms with Crippen LogP contribution in [-0.2, 0) is 0 Å². The van der Waals surface area contributed by atoms with Crippen LogP contribution in [0.15, 0.2) is 28.1 Å². The Morgan fingerprint density at radius 2 is 2.13 bits per heavy atom. The molecule has 0 aliphatic heterocycles. The van der Waals surface area contributed by atoms with Gasteiger partial charge in [-0.1, -0.05) is 29.8 Å². The number of nitriles is 1. The summed E-state index contributed by atoms with van der Waals surface area (Å²) in [6.07, 6.45) is 0. The summed E-state index contributed by atoms with van der Waals surface area (Å²) < 4.78 is 0.736. The van der Waals surface area contributed by atoms with Crippen molar-refractivity contribution < 1.29 is 0 Å². The molecule has 2 aromatic rings. The van der Waals surface area contributed by atoms with E-state index in [-0.39, 0.29) is 0 Å². The number of benzene rings is 1. The molecule has 0 amide bonds. The number of halogens is 2. The number of rotatable bonds is 1. The van der Waals surface area contributed by atoms with E-state index < -0.39 is 0 Å². The van der Waals surface area contributed by atoms with Crippen LogP contribution >= 0.6 is 38.9 Å². The van der Waals surface area contributed by atoms with E-state index in [1.165, 1.54) is 11.3 Å². The van der Waals surface area contributed by atoms with Crippen molar-refractivity contribution in [1.82, 2.24) is 4.98 Å². The highest BCUT2D eigenvalue weighted by molar-refractivity contribution is 9.11. The predicted molar refractivity (Wildman–Crippen MR) is 65.0 cm³/mol. The molecule has 0 atom stereocenters. The zero-order chi connectivity index (χ0) is 10.8. The zero-order valence-electron chi connectivity index (χ0n) is 7.37. The molecule has 0 unspecified atom stereocenters. The Kier molecular flexibility index (Phi) is 3.06. The maximum atomic E-state index is 8.78. The Morgan fingerprint density at radius 3 is 2.73 bits per heavy atom. The Morgan fingerprint density at radius 1 is 1.40 bits per heavy atom. The quantitative estimate of drug-likeness (QED) is 0.795. The van der Waals surface area contributed by atoms with E-state index in [9.17, 15) is 0 Å². The summed E-state index contributed by atoms with van der Waals surface area (Å²) >= 11 is 10.7. The fourth-order valence-electron chi connectivity index (χ4n) is 1.12. The Bertz CT molecular complexity index is 545. The number of hydrogen-bond acceptors (Lipinski definition) is 3. The molecule has 0 fully saturated rings. The lowest BCUT2D eigenvalue weighted by molar-refractivity contribution is 1.32. The highest BCUT2D eigenvalue weighted by Gasteiger charge is 2.11. The van der Waals surface area contributed by atoms with Gasteiger partial charge in [0.05, 0.1) is 5.02 Å². The van der Waals surface area contributed by atoms with Crippen LogP contribution in [0.3, 0.4) is 0 Å². The highest BCUT2D eigenvalue weighted by atomic mass is 79.9. The van der Waals surface area contributed by atoms with Crippen LogP contribution in [0.5, 0.6) is 0 Å². The van der Waals surface area contributed by atoms with Gasteiger partial charge in [0.15, 0.2) is 5.69 Å². The normalized spacial score (nSPS) is 9.93. The SMILES string of the molecule is N#Cc1nc(-c2ccccc2Cl)sc1Br. The molecule has 0 saturated heterocycles. The van der Waals surface area contributed by atoms with E-state index in [2.05, 4.69) is 20.9 Å². The lowest BCUT2D eigenvalue weighted by Gasteiger charge is -1.97. The van der Waals surface area contributed by atoms with Gasteiger partial charge >= 0.3 is 0 Å². The summed E-state index contributed by atoms with van der Waals surface area (Å²) in [5.41, 5.74) is 1.25. The first-order chi connectivity index (χ1) is 7.22. The van der Waals surface area contributed by atoms with Crippen molar-refractivity contribution in [2.45, 2.75) is 0 Å². The van der Waals surface area contributed by atoms with Crippen molar-refractivity contribution in [2.75, 3.05) is 0 Å². The van der Waals surface area contributed by atoms with Crippen LogP contribution in [0, 0.1) is 11.3 Å². The maximum Gasteiger partial charge on any atom is 0.166 e. The summed E-state index contributed by atoms with van der Waals surface area (Å²) in [4.78, 5) is 4.19. The molecule has 0 saturated carbocycles. The van der Waals surface area contributed by atoms with Crippen LogP contribution in [0.2, 0.25) is 5.02 Å². The fraction of sp³-hybridized carbons (Fsp3) is 0. The molecular formula is C10H4BrClN2S. The minimum absolute atomic E-state index is 0.398. The van der Waals surface area contributed by atoms with E-state index in [0.717, 1.165) is 14.4 Å². The summed E-state index contributed by atoms with van der Waals surface area (Å²) in [6, 6.07) is 9.45. The Balaban J connectivity index is 2.56. The van der Waals surface area contributed by atoms with Gasteiger partial charge in [-0.3, -0.25) is 0 Å². The van der Waals surface area contributed by atoms with Crippen LogP contribution in [0.25, 0.3) is 10.6 Å². The molecular weight excluding hydrogens is 296 g/mol. The smallest absolute Gasteiger partial charge is 0.166 e. The molecule has 1 aromatic carbocycles. The topological polar surface area (TPSA) is 36.7 Å². The lowest BCUT2D eigenvalue weighted by atomic mass is 10.2. The minimum Gasteiger partial charge on any atom is -0.224 e. The first-order valence-corrected chi connectivity index (χ1v) is 6.02. The van der Waals surface area contributed by atoms with Crippen LogP contribution in [0.1, 0.15) is 5.69 Å². The van der Waals surface area contributed by atoms with Crippen molar-refractivity contribution in [3.8, 4) is 16.6 Å². The molecule has 0 radical (unpaired) electrons. The van der Waals surface area contributed by atoms with Gasteiger partial charge in [-0.2, -0.15) is 5.26 Å². The molecule has 0 spiro atoms. The summed E-state index contributed by atoms with van der Waals surface area (Å²) in [5, 5.41) is 10.2. The average molecular weight is 300 g/mol. The summed E-state index contributed by atoms with van der Waals surface area (Å²) in [6.45, 7) is 0. The molecule has 0 N–H and O–H groups in total. The predicted octanol–water partition coefficient (Wildman–Crippen LogP) is 4.10. The monoisotopic (exact) mass is 298 g/mol. The molecule has 5 heteroatoms. The number of thiazole rings is 1. The fourth-order valence-corrected chi connectivity index (χ4v) is 2.82. The van der Waals surface area contributed by atoms with Crippen molar-refractivity contribution >= 4 is 38.9 Å². The molecule has 0 bridgehead atoms. The van der Waals surface area contributed by atoms with Crippen molar-refractivity contribution in [2.24, 2.45) is 0 Å². The van der Waals surface area contributed by atoms with Gasteiger partial charge < -0.3 is 0 Å². The summed E-state index contributed by atoms with van der Waals surface area (Å²) in [5.74, 6) is 0. The van der Waals surface area contributed by atoms with Crippen molar-refractivity contribution in [3.63, 3.8) is 0 Å². The van der Waals surface area contributed by atoms with Gasteiger partial charge in [-0.05, 0) is 22.0 Å². The van der Waals surface area contributed by atoms with Crippen LogP contribution in [0.4, 0.5) is 0 Å². The molecule has 74 valence electrons. The Hall–Kier alpha value is -0.890. The van der Waals surface area contributed by atoms with E-state index >= 15 is 0 Å². The summed E-state index contributed by atoms with van der Waals surface area (Å²) in [7, 11) is 0. The molecule has 0 aliphatic rings. The van der Waals surface area contributed by atoms with E-state index in [1.54, 1.807) is 6.07 Å². The second-order valence-corrected chi connectivity index (χ2v) is 5.46. The largest absolute Gasteiger partial charge is 0.224 e. The second kappa shape index (κ2) is 4.31. The van der Waals surface area contributed by atoms with Crippen LogP contribution in [-0.4, -0.2) is 4.98 Å². The third-order valence-electron chi connectivity index (χ3n) is 1.80. The van der Waals surface area contributed by atoms with E-state index in [4.69, 9.17) is 16.9 Å². The minimum atomic E-state index is 0.398. The maximum absolute atomic E-state index is 8.78. The van der Waals surface area contributed by atoms with Gasteiger partial charge in [0.25, 0.3) is 0 Å². The van der Waals surface area contributed by atoms with Gasteiger partial charge in [-0.25, -0.2) is 4.98 Å². The molecule has 0 aliphatic carbocycles. The molecule has 2 rings (SSSR count). The highest BCUT2D eigenvalue weighted by Crippen LogP contribution is 2.34. The number of hydrogen-bond donors (Lipinski definition) is 0. The molecule has 2 nitrogen and oxygen atoms in total. The Labute approximate surface area is 104 Å². The first kappa shape index (κ1) is 10.6. The lowest BCUT2D eigenvalue weighted by Crippen LogP contribution is -1.78. The second-order valence-electron chi connectivity index (χ2n) is 2.73. The van der Waals surface area contributed by atoms with E-state index in [1.807, 2.05) is 24.3 Å². The van der Waals surface area contributed by atoms with Crippen molar-refractivity contribution in [1.29, 1.82) is 5.26 Å². The molecule has 15 heavy (non-hydrogen) atoms. The third kappa shape index (κ3) is 2.05. The average Bonchev–Trinajstić information content (AvgIpc) is 2.60. The van der Waals surface area contributed by atoms with E-state index in [0.29, 0.717) is 10.7 Å². The van der Waals surface area contributed by atoms with Gasteiger partial charge in [0.2, 0.25) is 0 Å². The van der Waals surface area contributed by atoms with Crippen molar-refractivity contribution in [3.05, 3.63) is 38.8 Å². The van der Waals surface area contributed by atoms with Gasteiger partial charge in [0.1, 0.15) is 14.9 Å². The van der Waals surface area contributed by atoms with Gasteiger partial charge in [-0.15, -0.1) is 11.3 Å². The standard InChI is InChI=1S/C10H4BrClN2S/c11-9-8(5-13)14-10(15-9)6-3-1-2-4-7(6)12/h1-4H. The molecule has 1 heterocycles. The number of aromatic nitrogens is 1. The zero-order valence-corrected chi connectivity index (χ0v) is 10.5. The number of nitrogens with zero attached hydrogens (tertiary/aromatic N) is 2.